The normalized spacial score (nSPS) is 16.4. The van der Waals surface area contributed by atoms with Gasteiger partial charge < -0.3 is 9.32 Å². The highest BCUT2D eigenvalue weighted by Crippen LogP contribution is 2.17. The molecule has 0 N–H and O–H groups in total. The Hall–Kier alpha value is -1.63. The van der Waals surface area contributed by atoms with Crippen LogP contribution in [0.5, 0.6) is 0 Å². The van der Waals surface area contributed by atoms with Crippen molar-refractivity contribution in [3.05, 3.63) is 58.5 Å². The van der Waals surface area contributed by atoms with Crippen LogP contribution < -0.4 is 0 Å². The van der Waals surface area contributed by atoms with E-state index in [1.165, 1.54) is 0 Å². The summed E-state index contributed by atoms with van der Waals surface area (Å²) in [5, 5.41) is 0.661. The quantitative estimate of drug-likeness (QED) is 0.703. The first-order valence-electron chi connectivity index (χ1n) is 9.25. The molecule has 1 unspecified atom stereocenters. The molecule has 2 heterocycles. The maximum absolute atomic E-state index is 12.6. The van der Waals surface area contributed by atoms with Crippen LogP contribution in [0.15, 0.2) is 40.8 Å². The van der Waals surface area contributed by atoms with Crippen molar-refractivity contribution in [1.82, 2.24) is 9.80 Å². The van der Waals surface area contributed by atoms with Gasteiger partial charge in [0, 0.05) is 47.8 Å². The zero-order valence-corrected chi connectivity index (χ0v) is 17.1. The van der Waals surface area contributed by atoms with E-state index in [4.69, 9.17) is 16.0 Å². The minimum Gasteiger partial charge on any atom is -0.455 e. The maximum Gasteiger partial charge on any atom is 0.289 e. The second-order valence-electron chi connectivity index (χ2n) is 6.75. The van der Waals surface area contributed by atoms with Crippen molar-refractivity contribution < 1.29 is 13.4 Å². The fourth-order valence-corrected chi connectivity index (χ4v) is 4.46. The zero-order valence-electron chi connectivity index (χ0n) is 15.5. The van der Waals surface area contributed by atoms with Gasteiger partial charge in [-0.15, -0.1) is 0 Å². The predicted molar refractivity (Wildman–Crippen MR) is 108 cm³/mol. The van der Waals surface area contributed by atoms with Crippen LogP contribution in [0.2, 0.25) is 5.02 Å². The molecule has 1 aliphatic rings. The summed E-state index contributed by atoms with van der Waals surface area (Å²) in [5.41, 5.74) is 0.963. The highest BCUT2D eigenvalue weighted by Gasteiger charge is 2.24. The highest BCUT2D eigenvalue weighted by atomic mass is 35.5. The van der Waals surface area contributed by atoms with Gasteiger partial charge in [0.1, 0.15) is 5.76 Å². The van der Waals surface area contributed by atoms with Gasteiger partial charge in [-0.05, 0) is 42.8 Å². The average molecular weight is 409 g/mol. The van der Waals surface area contributed by atoms with Crippen LogP contribution >= 0.6 is 11.6 Å². The third-order valence-electron chi connectivity index (χ3n) is 4.62. The number of carbonyl (C=O) groups excluding carboxylic acids is 1. The zero-order chi connectivity index (χ0) is 19.2. The molecule has 1 saturated heterocycles. The number of benzene rings is 1. The molecule has 0 saturated carbocycles. The van der Waals surface area contributed by atoms with Crippen LogP contribution in [0.4, 0.5) is 0 Å². The number of hydrogen-bond donors (Lipinski definition) is 0. The molecule has 0 aliphatic carbocycles. The number of nitrogens with zero attached hydrogens (tertiary/aromatic N) is 2. The van der Waals surface area contributed by atoms with Crippen molar-refractivity contribution in [1.29, 1.82) is 0 Å². The molecule has 1 fully saturated rings. The Bertz CT molecular complexity index is 783. The van der Waals surface area contributed by atoms with Gasteiger partial charge in [0.2, 0.25) is 0 Å². The van der Waals surface area contributed by atoms with Crippen molar-refractivity contribution >= 4 is 28.3 Å². The number of amides is 1. The first-order chi connectivity index (χ1) is 13.0. The van der Waals surface area contributed by atoms with E-state index in [9.17, 15) is 9.00 Å². The van der Waals surface area contributed by atoms with Gasteiger partial charge in [0.15, 0.2) is 5.76 Å². The second kappa shape index (κ2) is 9.53. The second-order valence-corrected chi connectivity index (χ2v) is 8.65. The Morgan fingerprint density at radius 3 is 2.44 bits per heavy atom. The van der Waals surface area contributed by atoms with Crippen molar-refractivity contribution in [2.75, 3.05) is 32.7 Å². The van der Waals surface area contributed by atoms with E-state index in [-0.39, 0.29) is 5.91 Å². The molecule has 2 aromatic rings. The lowest BCUT2D eigenvalue weighted by atomic mass is 10.2. The molecule has 1 aliphatic heterocycles. The fraction of sp³-hybridized carbons (Fsp3) is 0.450. The summed E-state index contributed by atoms with van der Waals surface area (Å²) in [4.78, 5) is 16.8. The topological polar surface area (TPSA) is 53.8 Å². The van der Waals surface area contributed by atoms with Crippen LogP contribution in [0.1, 0.15) is 35.2 Å². The largest absolute Gasteiger partial charge is 0.455 e. The Morgan fingerprint density at radius 1 is 1.07 bits per heavy atom. The van der Waals surface area contributed by atoms with Crippen LogP contribution in [-0.2, 0) is 22.3 Å². The molecule has 7 heteroatoms. The monoisotopic (exact) mass is 408 g/mol. The van der Waals surface area contributed by atoms with Gasteiger partial charge in [0.05, 0.1) is 5.75 Å². The minimum absolute atomic E-state index is 0.0825. The van der Waals surface area contributed by atoms with E-state index in [2.05, 4.69) is 11.8 Å². The van der Waals surface area contributed by atoms with Gasteiger partial charge in [-0.1, -0.05) is 30.7 Å². The third kappa shape index (κ3) is 5.67. The van der Waals surface area contributed by atoms with Gasteiger partial charge in [0.25, 0.3) is 5.91 Å². The molecule has 146 valence electrons. The van der Waals surface area contributed by atoms with Crippen LogP contribution in [0, 0.1) is 0 Å². The number of rotatable bonds is 7. The Balaban J connectivity index is 1.52. The first-order valence-corrected chi connectivity index (χ1v) is 11.1. The van der Waals surface area contributed by atoms with E-state index in [1.54, 1.807) is 24.3 Å². The third-order valence-corrected chi connectivity index (χ3v) is 6.13. The Labute approximate surface area is 167 Å². The first kappa shape index (κ1) is 20.1. The molecule has 0 radical (unpaired) electrons. The van der Waals surface area contributed by atoms with E-state index in [0.29, 0.717) is 28.0 Å². The molecule has 0 spiro atoms. The van der Waals surface area contributed by atoms with Gasteiger partial charge >= 0.3 is 0 Å². The number of carbonyl (C=O) groups is 1. The van der Waals surface area contributed by atoms with E-state index in [0.717, 1.165) is 44.7 Å². The predicted octanol–water partition coefficient (Wildman–Crippen LogP) is 3.55. The summed E-state index contributed by atoms with van der Waals surface area (Å²) in [6, 6.07) is 10.8. The van der Waals surface area contributed by atoms with Crippen molar-refractivity contribution in [3.8, 4) is 0 Å². The number of halogens is 1. The lowest BCUT2D eigenvalue weighted by molar-refractivity contribution is 0.0605. The standard InChI is InChI=1S/C20H25ClN2O3S/c1-2-9-22-10-12-23(13-11-22)20(24)19-8-7-18(26-19)15-27(25)14-16-3-5-17(21)6-4-16/h3-8H,2,9-15H2,1H3. The molecule has 0 bridgehead atoms. The van der Waals surface area contributed by atoms with Gasteiger partial charge in [-0.2, -0.15) is 0 Å². The summed E-state index contributed by atoms with van der Waals surface area (Å²) in [6.45, 7) is 6.48. The summed E-state index contributed by atoms with van der Waals surface area (Å²) >= 11 is 5.87. The molecule has 5 nitrogen and oxygen atoms in total. The molecular formula is C20H25ClN2O3S. The average Bonchev–Trinajstić information content (AvgIpc) is 3.12. The molecule has 27 heavy (non-hydrogen) atoms. The van der Waals surface area contributed by atoms with Crippen LogP contribution in [-0.4, -0.2) is 52.6 Å². The number of hydrogen-bond acceptors (Lipinski definition) is 4. The highest BCUT2D eigenvalue weighted by molar-refractivity contribution is 7.83. The smallest absolute Gasteiger partial charge is 0.289 e. The number of piperazine rings is 1. The molecule has 1 amide bonds. The fourth-order valence-electron chi connectivity index (χ4n) is 3.19. The summed E-state index contributed by atoms with van der Waals surface area (Å²) in [7, 11) is -1.11. The lowest BCUT2D eigenvalue weighted by Crippen LogP contribution is -2.48. The molecule has 1 aromatic carbocycles. The summed E-state index contributed by atoms with van der Waals surface area (Å²) in [5.74, 6) is 1.55. The molecule has 1 aromatic heterocycles. The van der Waals surface area contributed by atoms with Crippen LogP contribution in [0.3, 0.4) is 0 Å². The Morgan fingerprint density at radius 2 is 1.78 bits per heavy atom. The van der Waals surface area contributed by atoms with Crippen molar-refractivity contribution in [2.45, 2.75) is 24.9 Å². The van der Waals surface area contributed by atoms with E-state index < -0.39 is 10.8 Å². The summed E-state index contributed by atoms with van der Waals surface area (Å²) in [6.07, 6.45) is 1.13. The maximum atomic E-state index is 12.6. The van der Waals surface area contributed by atoms with Gasteiger partial charge in [-0.25, -0.2) is 0 Å². The van der Waals surface area contributed by atoms with Crippen LogP contribution in [0.25, 0.3) is 0 Å². The summed E-state index contributed by atoms with van der Waals surface area (Å²) < 4.78 is 18.0. The van der Waals surface area contributed by atoms with E-state index >= 15 is 0 Å². The minimum atomic E-state index is -1.11. The SMILES string of the molecule is CCCN1CCN(C(=O)c2ccc(CS(=O)Cc3ccc(Cl)cc3)o2)CC1. The van der Waals surface area contributed by atoms with Crippen molar-refractivity contribution in [2.24, 2.45) is 0 Å². The lowest BCUT2D eigenvalue weighted by Gasteiger charge is -2.34. The van der Waals surface area contributed by atoms with E-state index in [1.807, 2.05) is 17.0 Å². The Kier molecular flexibility index (Phi) is 7.10. The van der Waals surface area contributed by atoms with Crippen molar-refractivity contribution in [3.63, 3.8) is 0 Å². The molecular weight excluding hydrogens is 384 g/mol. The molecule has 1 atom stereocenters. The van der Waals surface area contributed by atoms with Gasteiger partial charge in [-0.3, -0.25) is 13.9 Å². The molecule has 3 rings (SSSR count). The number of furan rings is 1.